The van der Waals surface area contributed by atoms with Gasteiger partial charge in [-0.3, -0.25) is 0 Å². The fraction of sp³-hybridized carbons (Fsp3) is 0.364. The first-order valence-corrected chi connectivity index (χ1v) is 7.88. The summed E-state index contributed by atoms with van der Waals surface area (Å²) in [6.45, 7) is 2.95. The lowest BCUT2D eigenvalue weighted by atomic mass is 10.3. The van der Waals surface area contributed by atoms with Crippen molar-refractivity contribution in [2.75, 3.05) is 7.11 Å². The number of ether oxygens (including phenoxy) is 1. The molecule has 0 amide bonds. The zero-order chi connectivity index (χ0) is 17.3. The Balaban J connectivity index is 3.31. The highest BCUT2D eigenvalue weighted by atomic mass is 79.9. The summed E-state index contributed by atoms with van der Waals surface area (Å²) in [6.07, 6.45) is -3.41. The zero-order valence-corrected chi connectivity index (χ0v) is 13.8. The van der Waals surface area contributed by atoms with E-state index in [1.165, 1.54) is 11.8 Å². The minimum absolute atomic E-state index is 0.148. The number of sulfonamides is 1. The fourth-order valence-electron chi connectivity index (χ4n) is 1.57. The number of nitrogens with one attached hydrogen (secondary N) is 1. The van der Waals surface area contributed by atoms with E-state index < -0.39 is 33.1 Å². The van der Waals surface area contributed by atoms with E-state index in [-0.39, 0.29) is 10.2 Å². The van der Waals surface area contributed by atoms with Gasteiger partial charge in [0.05, 0.1) is 11.6 Å². The van der Waals surface area contributed by atoms with Gasteiger partial charge in [-0.2, -0.15) is 17.9 Å². The number of halogens is 4. The summed E-state index contributed by atoms with van der Waals surface area (Å²) in [5.74, 6) is -0.841. The van der Waals surface area contributed by atoms with Gasteiger partial charge in [-0.15, -0.1) is 6.58 Å². The maximum Gasteiger partial charge on any atom is 0.408 e. The molecule has 0 aliphatic carbocycles. The van der Waals surface area contributed by atoms with Gasteiger partial charge in [0.1, 0.15) is 16.6 Å². The molecule has 22 heavy (non-hydrogen) atoms. The quantitative estimate of drug-likeness (QED) is 0.601. The lowest BCUT2D eigenvalue weighted by Gasteiger charge is -2.17. The van der Waals surface area contributed by atoms with E-state index in [9.17, 15) is 26.4 Å². The molecule has 1 aromatic rings. The van der Waals surface area contributed by atoms with Crippen LogP contribution in [-0.2, 0) is 21.8 Å². The predicted molar refractivity (Wildman–Crippen MR) is 74.8 cm³/mol. The van der Waals surface area contributed by atoms with Gasteiger partial charge >= 0.3 is 12.1 Å². The second-order valence-electron chi connectivity index (χ2n) is 4.13. The van der Waals surface area contributed by atoms with Crippen molar-refractivity contribution in [3.8, 4) is 0 Å². The molecule has 0 saturated carbocycles. The normalized spacial score (nSPS) is 13.7. The van der Waals surface area contributed by atoms with Crippen LogP contribution in [-0.4, -0.2) is 38.3 Å². The third-order valence-electron chi connectivity index (χ3n) is 2.63. The molecule has 1 N–H and O–H groups in total. The van der Waals surface area contributed by atoms with Crippen molar-refractivity contribution in [3.63, 3.8) is 0 Å². The molecule has 1 aromatic heterocycles. The average Bonchev–Trinajstić information content (AvgIpc) is 2.70. The number of alkyl halides is 3. The summed E-state index contributed by atoms with van der Waals surface area (Å²) in [4.78, 5) is 11.0. The SMILES string of the molecule is C=CC(NS(=O)(=O)c1cn(C)c(C(=O)OC)c1Br)C(F)(F)F. The first-order valence-electron chi connectivity index (χ1n) is 5.60. The van der Waals surface area contributed by atoms with Gasteiger partial charge in [0.2, 0.25) is 10.0 Å². The predicted octanol–water partition coefficient (Wildman–Crippen LogP) is 1.97. The number of rotatable bonds is 5. The van der Waals surface area contributed by atoms with Crippen molar-refractivity contribution in [1.29, 1.82) is 0 Å². The van der Waals surface area contributed by atoms with Gasteiger partial charge in [0.25, 0.3) is 0 Å². The van der Waals surface area contributed by atoms with E-state index in [2.05, 4.69) is 27.2 Å². The number of nitrogens with zero attached hydrogens (tertiary/aromatic N) is 1. The highest BCUT2D eigenvalue weighted by Crippen LogP contribution is 2.30. The molecule has 1 unspecified atom stereocenters. The van der Waals surface area contributed by atoms with Gasteiger partial charge in [-0.05, 0) is 15.9 Å². The molecule has 1 rings (SSSR count). The highest BCUT2D eigenvalue weighted by Gasteiger charge is 2.41. The molecular weight excluding hydrogens is 393 g/mol. The number of aryl methyl sites for hydroxylation is 1. The third-order valence-corrected chi connectivity index (χ3v) is 5.14. The van der Waals surface area contributed by atoms with Crippen LogP contribution < -0.4 is 4.72 Å². The number of esters is 1. The zero-order valence-electron chi connectivity index (χ0n) is 11.4. The van der Waals surface area contributed by atoms with Crippen molar-refractivity contribution in [1.82, 2.24) is 9.29 Å². The maximum absolute atomic E-state index is 12.6. The molecule has 0 spiro atoms. The Bertz CT molecular complexity index is 697. The first-order chi connectivity index (χ1) is 9.95. The van der Waals surface area contributed by atoms with Crippen LogP contribution in [0.25, 0.3) is 0 Å². The molecule has 0 fully saturated rings. The van der Waals surface area contributed by atoms with Gasteiger partial charge in [0.15, 0.2) is 0 Å². The van der Waals surface area contributed by atoms with Crippen LogP contribution in [0.15, 0.2) is 28.2 Å². The minimum atomic E-state index is -4.83. The Morgan fingerprint density at radius 1 is 1.55 bits per heavy atom. The number of methoxy groups -OCH3 is 1. The summed E-state index contributed by atoms with van der Waals surface area (Å²) in [5, 5.41) is 0. The number of aromatic nitrogens is 1. The molecule has 0 aromatic carbocycles. The van der Waals surface area contributed by atoms with E-state index in [0.717, 1.165) is 17.9 Å². The standard InChI is InChI=1S/C11H12BrF3N2O4S/c1-4-7(11(13,14)15)16-22(19,20)6-5-17(2)9(8(6)12)10(18)21-3/h4-5,7,16H,1H2,2-3H3. The van der Waals surface area contributed by atoms with Crippen molar-refractivity contribution in [3.05, 3.63) is 29.0 Å². The molecule has 0 aliphatic rings. The molecule has 0 aliphatic heterocycles. The summed E-state index contributed by atoms with van der Waals surface area (Å²) in [7, 11) is -2.10. The molecule has 1 heterocycles. The van der Waals surface area contributed by atoms with Crippen molar-refractivity contribution in [2.24, 2.45) is 7.05 Å². The maximum atomic E-state index is 12.6. The van der Waals surface area contributed by atoms with Gasteiger partial charge < -0.3 is 9.30 Å². The Hall–Kier alpha value is -1.33. The Morgan fingerprint density at radius 2 is 2.09 bits per heavy atom. The Morgan fingerprint density at radius 3 is 2.50 bits per heavy atom. The molecule has 0 radical (unpaired) electrons. The second-order valence-corrected chi connectivity index (χ2v) is 6.61. The number of carbonyl (C=O) groups excluding carboxylic acids is 1. The molecular formula is C11H12BrF3N2O4S. The molecule has 11 heteroatoms. The number of hydrogen-bond acceptors (Lipinski definition) is 4. The van der Waals surface area contributed by atoms with Crippen LogP contribution in [0.2, 0.25) is 0 Å². The summed E-state index contributed by atoms with van der Waals surface area (Å²) in [6, 6.07) is -2.45. The second kappa shape index (κ2) is 6.42. The smallest absolute Gasteiger partial charge is 0.408 e. The number of hydrogen-bond donors (Lipinski definition) is 1. The Labute approximate surface area is 133 Å². The van der Waals surface area contributed by atoms with Crippen LogP contribution in [0.3, 0.4) is 0 Å². The van der Waals surface area contributed by atoms with E-state index in [1.54, 1.807) is 0 Å². The summed E-state index contributed by atoms with van der Waals surface area (Å²) in [5.41, 5.74) is -0.148. The topological polar surface area (TPSA) is 77.4 Å². The average molecular weight is 405 g/mol. The lowest BCUT2D eigenvalue weighted by Crippen LogP contribution is -2.43. The van der Waals surface area contributed by atoms with Crippen LogP contribution in [0.5, 0.6) is 0 Å². The van der Waals surface area contributed by atoms with Crippen LogP contribution >= 0.6 is 15.9 Å². The van der Waals surface area contributed by atoms with Crippen LogP contribution in [0.1, 0.15) is 10.5 Å². The molecule has 0 bridgehead atoms. The van der Waals surface area contributed by atoms with Crippen LogP contribution in [0, 0.1) is 0 Å². The van der Waals surface area contributed by atoms with E-state index in [1.807, 2.05) is 0 Å². The van der Waals surface area contributed by atoms with Gasteiger partial charge in [0, 0.05) is 13.2 Å². The van der Waals surface area contributed by atoms with Gasteiger partial charge in [-0.25, -0.2) is 13.2 Å². The fourth-order valence-corrected chi connectivity index (χ4v) is 4.07. The molecule has 124 valence electrons. The highest BCUT2D eigenvalue weighted by molar-refractivity contribution is 9.10. The van der Waals surface area contributed by atoms with Gasteiger partial charge in [-0.1, -0.05) is 6.08 Å². The largest absolute Gasteiger partial charge is 0.464 e. The molecule has 0 saturated heterocycles. The lowest BCUT2D eigenvalue weighted by molar-refractivity contribution is -0.140. The third kappa shape index (κ3) is 3.70. The first kappa shape index (κ1) is 18.7. The van der Waals surface area contributed by atoms with E-state index in [4.69, 9.17) is 0 Å². The monoisotopic (exact) mass is 404 g/mol. The molecule has 1 atom stereocenters. The van der Waals surface area contributed by atoms with Crippen molar-refractivity contribution < 1.29 is 31.1 Å². The molecule has 6 nitrogen and oxygen atoms in total. The van der Waals surface area contributed by atoms with Crippen LogP contribution in [0.4, 0.5) is 13.2 Å². The number of carbonyl (C=O) groups is 1. The Kier molecular flexibility index (Phi) is 5.47. The summed E-state index contributed by atoms with van der Waals surface area (Å²) >= 11 is 2.89. The summed E-state index contributed by atoms with van der Waals surface area (Å²) < 4.78 is 69.0. The van der Waals surface area contributed by atoms with Crippen molar-refractivity contribution >= 4 is 31.9 Å². The minimum Gasteiger partial charge on any atom is -0.464 e. The van der Waals surface area contributed by atoms with E-state index >= 15 is 0 Å². The van der Waals surface area contributed by atoms with E-state index in [0.29, 0.717) is 6.08 Å². The van der Waals surface area contributed by atoms with Crippen molar-refractivity contribution in [2.45, 2.75) is 17.1 Å².